The molecule has 0 bridgehead atoms. The van der Waals surface area contributed by atoms with Gasteiger partial charge in [0, 0.05) is 24.5 Å². The van der Waals surface area contributed by atoms with E-state index in [2.05, 4.69) is 15.3 Å². The van der Waals surface area contributed by atoms with Crippen LogP contribution in [0.4, 0.5) is 5.69 Å². The zero-order valence-electron chi connectivity index (χ0n) is 9.27. The van der Waals surface area contributed by atoms with E-state index < -0.39 is 0 Å². The molecule has 0 aliphatic rings. The molecule has 0 aliphatic heterocycles. The van der Waals surface area contributed by atoms with E-state index in [1.165, 1.54) is 6.33 Å². The van der Waals surface area contributed by atoms with Gasteiger partial charge in [-0.2, -0.15) is 0 Å². The fourth-order valence-electron chi connectivity index (χ4n) is 1.30. The Labute approximate surface area is 94.3 Å². The highest BCUT2D eigenvalue weighted by molar-refractivity contribution is 5.46. The van der Waals surface area contributed by atoms with Crippen molar-refractivity contribution in [2.45, 2.75) is 6.92 Å². The summed E-state index contributed by atoms with van der Waals surface area (Å²) in [5, 5.41) is 3.05. The molecule has 0 radical (unpaired) electrons. The van der Waals surface area contributed by atoms with Gasteiger partial charge in [0.15, 0.2) is 0 Å². The lowest BCUT2D eigenvalue weighted by Crippen LogP contribution is -1.91. The Morgan fingerprint density at radius 2 is 1.88 bits per heavy atom. The number of aryl methyl sites for hydroxylation is 1. The number of hydrogen-bond donors (Lipinski definition) is 1. The normalized spacial score (nSPS) is 9.88. The van der Waals surface area contributed by atoms with Crippen LogP contribution in [0.15, 0.2) is 36.7 Å². The molecule has 4 heteroatoms. The molecular formula is C12H13N3O. The van der Waals surface area contributed by atoms with Crippen molar-refractivity contribution in [1.82, 2.24) is 9.97 Å². The van der Waals surface area contributed by atoms with Crippen LogP contribution in [-0.4, -0.2) is 17.0 Å². The maximum absolute atomic E-state index is 5.58. The molecule has 4 nitrogen and oxygen atoms in total. The van der Waals surface area contributed by atoms with Gasteiger partial charge in [0.2, 0.25) is 5.88 Å². The fourth-order valence-corrected chi connectivity index (χ4v) is 1.30. The van der Waals surface area contributed by atoms with Crippen LogP contribution in [0.25, 0.3) is 0 Å². The van der Waals surface area contributed by atoms with Crippen LogP contribution >= 0.6 is 0 Å². The van der Waals surface area contributed by atoms with Crippen molar-refractivity contribution < 1.29 is 4.74 Å². The summed E-state index contributed by atoms with van der Waals surface area (Å²) < 4.78 is 5.58. The van der Waals surface area contributed by atoms with Crippen molar-refractivity contribution in [3.05, 3.63) is 42.4 Å². The summed E-state index contributed by atoms with van der Waals surface area (Å²) in [5.41, 5.74) is 1.93. The molecule has 2 aromatic rings. The molecule has 0 aliphatic carbocycles. The van der Waals surface area contributed by atoms with Gasteiger partial charge in [-0.3, -0.25) is 0 Å². The largest absolute Gasteiger partial charge is 0.439 e. The number of nitrogens with zero attached hydrogens (tertiary/aromatic N) is 2. The lowest BCUT2D eigenvalue weighted by Gasteiger charge is -2.05. The summed E-state index contributed by atoms with van der Waals surface area (Å²) in [5.74, 6) is 1.32. The molecule has 1 N–H and O–H groups in total. The maximum Gasteiger partial charge on any atom is 0.222 e. The summed E-state index contributed by atoms with van der Waals surface area (Å²) in [7, 11) is 1.88. The van der Waals surface area contributed by atoms with Crippen molar-refractivity contribution in [3.63, 3.8) is 0 Å². The van der Waals surface area contributed by atoms with Crippen molar-refractivity contribution in [1.29, 1.82) is 0 Å². The summed E-state index contributed by atoms with van der Waals surface area (Å²) >= 11 is 0. The third-order valence-electron chi connectivity index (χ3n) is 2.14. The molecule has 0 amide bonds. The van der Waals surface area contributed by atoms with E-state index in [-0.39, 0.29) is 0 Å². The zero-order chi connectivity index (χ0) is 11.4. The minimum absolute atomic E-state index is 0.560. The van der Waals surface area contributed by atoms with Gasteiger partial charge >= 0.3 is 0 Å². The second kappa shape index (κ2) is 4.61. The van der Waals surface area contributed by atoms with E-state index in [1.807, 2.05) is 38.2 Å². The van der Waals surface area contributed by atoms with E-state index in [0.29, 0.717) is 5.88 Å². The molecule has 0 spiro atoms. The van der Waals surface area contributed by atoms with Crippen LogP contribution in [0, 0.1) is 6.92 Å². The molecule has 0 unspecified atom stereocenters. The van der Waals surface area contributed by atoms with Crippen molar-refractivity contribution in [2.24, 2.45) is 0 Å². The highest BCUT2D eigenvalue weighted by Gasteiger charge is 1.99. The Morgan fingerprint density at radius 1 is 1.12 bits per heavy atom. The van der Waals surface area contributed by atoms with Crippen molar-refractivity contribution in [3.8, 4) is 11.6 Å². The third-order valence-corrected chi connectivity index (χ3v) is 2.14. The minimum Gasteiger partial charge on any atom is -0.439 e. The van der Waals surface area contributed by atoms with E-state index in [0.717, 1.165) is 17.1 Å². The highest BCUT2D eigenvalue weighted by Crippen LogP contribution is 2.20. The van der Waals surface area contributed by atoms with Crippen molar-refractivity contribution >= 4 is 5.69 Å². The van der Waals surface area contributed by atoms with Gasteiger partial charge in [-0.1, -0.05) is 0 Å². The molecular weight excluding hydrogens is 202 g/mol. The summed E-state index contributed by atoms with van der Waals surface area (Å²) in [6.07, 6.45) is 1.49. The van der Waals surface area contributed by atoms with Gasteiger partial charge in [-0.15, -0.1) is 0 Å². The second-order valence-corrected chi connectivity index (χ2v) is 3.37. The Morgan fingerprint density at radius 3 is 2.50 bits per heavy atom. The standard InChI is InChI=1S/C12H13N3O/c1-9-7-12(15-8-14-9)16-11-5-3-10(13-2)4-6-11/h3-8,13H,1-2H3. The minimum atomic E-state index is 0.560. The Kier molecular flexibility index (Phi) is 3.00. The SMILES string of the molecule is CNc1ccc(Oc2cc(C)ncn2)cc1. The quantitative estimate of drug-likeness (QED) is 0.855. The van der Waals surface area contributed by atoms with E-state index in [9.17, 15) is 0 Å². The molecule has 2 rings (SSSR count). The highest BCUT2D eigenvalue weighted by atomic mass is 16.5. The van der Waals surface area contributed by atoms with E-state index in [4.69, 9.17) is 4.74 Å². The Hall–Kier alpha value is -2.10. The monoisotopic (exact) mass is 215 g/mol. The van der Waals surface area contributed by atoms with Gasteiger partial charge in [-0.05, 0) is 31.2 Å². The lowest BCUT2D eigenvalue weighted by atomic mass is 10.3. The first kappa shape index (κ1) is 10.4. The molecule has 0 fully saturated rings. The van der Waals surface area contributed by atoms with Crippen LogP contribution < -0.4 is 10.1 Å². The summed E-state index contributed by atoms with van der Waals surface area (Å²) in [6.45, 7) is 1.90. The van der Waals surface area contributed by atoms with Crippen LogP contribution in [0.5, 0.6) is 11.6 Å². The molecule has 82 valence electrons. The number of benzene rings is 1. The molecule has 1 heterocycles. The summed E-state index contributed by atoms with van der Waals surface area (Å²) in [6, 6.07) is 9.48. The number of rotatable bonds is 3. The molecule has 1 aromatic carbocycles. The topological polar surface area (TPSA) is 47.0 Å². The number of hydrogen-bond acceptors (Lipinski definition) is 4. The van der Waals surface area contributed by atoms with Gasteiger partial charge in [0.1, 0.15) is 12.1 Å². The number of nitrogens with one attached hydrogen (secondary N) is 1. The molecule has 0 atom stereocenters. The van der Waals surface area contributed by atoms with Crippen LogP contribution in [0.1, 0.15) is 5.69 Å². The van der Waals surface area contributed by atoms with Crippen LogP contribution in [-0.2, 0) is 0 Å². The molecule has 1 aromatic heterocycles. The van der Waals surface area contributed by atoms with Crippen LogP contribution in [0.2, 0.25) is 0 Å². The first-order valence-corrected chi connectivity index (χ1v) is 5.02. The Bertz CT molecular complexity index is 468. The van der Waals surface area contributed by atoms with Crippen LogP contribution in [0.3, 0.4) is 0 Å². The maximum atomic E-state index is 5.58. The first-order chi connectivity index (χ1) is 7.78. The lowest BCUT2D eigenvalue weighted by molar-refractivity contribution is 0.461. The molecule has 0 saturated carbocycles. The molecule has 16 heavy (non-hydrogen) atoms. The van der Waals surface area contributed by atoms with Crippen molar-refractivity contribution in [2.75, 3.05) is 12.4 Å². The van der Waals surface area contributed by atoms with E-state index >= 15 is 0 Å². The number of anilines is 1. The van der Waals surface area contributed by atoms with Gasteiger partial charge in [0.25, 0.3) is 0 Å². The average molecular weight is 215 g/mol. The number of ether oxygens (including phenoxy) is 1. The average Bonchev–Trinajstić information content (AvgIpc) is 2.30. The predicted octanol–water partition coefficient (Wildman–Crippen LogP) is 2.62. The smallest absolute Gasteiger partial charge is 0.222 e. The zero-order valence-corrected chi connectivity index (χ0v) is 9.27. The number of aromatic nitrogens is 2. The van der Waals surface area contributed by atoms with Gasteiger partial charge < -0.3 is 10.1 Å². The molecule has 0 saturated heterocycles. The predicted molar refractivity (Wildman–Crippen MR) is 62.8 cm³/mol. The fraction of sp³-hybridized carbons (Fsp3) is 0.167. The third kappa shape index (κ3) is 2.48. The Balaban J connectivity index is 2.14. The van der Waals surface area contributed by atoms with E-state index in [1.54, 1.807) is 6.07 Å². The van der Waals surface area contributed by atoms with Gasteiger partial charge in [-0.25, -0.2) is 9.97 Å². The summed E-state index contributed by atoms with van der Waals surface area (Å²) in [4.78, 5) is 8.04. The second-order valence-electron chi connectivity index (χ2n) is 3.37. The first-order valence-electron chi connectivity index (χ1n) is 5.02. The van der Waals surface area contributed by atoms with Gasteiger partial charge in [0.05, 0.1) is 0 Å².